The van der Waals surface area contributed by atoms with Crippen LogP contribution in [0, 0.1) is 5.92 Å². The lowest BCUT2D eigenvalue weighted by Crippen LogP contribution is -2.13. The molecular weight excluding hydrogens is 316 g/mol. The van der Waals surface area contributed by atoms with Gasteiger partial charge in [0.25, 0.3) is 5.91 Å². The Balaban J connectivity index is 1.97. The minimum Gasteiger partial charge on any atom is -0.370 e. The molecule has 0 fully saturated rings. The second-order valence-electron chi connectivity index (χ2n) is 6.25. The number of hydrogen-bond donors (Lipinski definition) is 3. The van der Waals surface area contributed by atoms with Gasteiger partial charge in [-0.05, 0) is 48.7 Å². The largest absolute Gasteiger partial charge is 0.370 e. The minimum atomic E-state index is -0.207. The van der Waals surface area contributed by atoms with Crippen molar-refractivity contribution < 1.29 is 9.59 Å². The third kappa shape index (κ3) is 6.25. The maximum Gasteiger partial charge on any atom is 0.255 e. The lowest BCUT2D eigenvalue weighted by molar-refractivity contribution is -0.114. The van der Waals surface area contributed by atoms with Crippen molar-refractivity contribution in [3.05, 3.63) is 48.2 Å². The Labute approximate surface area is 148 Å². The van der Waals surface area contributed by atoms with E-state index in [-0.39, 0.29) is 11.8 Å². The first kappa shape index (κ1) is 18.4. The molecule has 132 valence electrons. The molecule has 0 atom stereocenters. The summed E-state index contributed by atoms with van der Waals surface area (Å²) in [4.78, 5) is 27.6. The molecule has 0 spiro atoms. The first-order chi connectivity index (χ1) is 11.9. The zero-order valence-electron chi connectivity index (χ0n) is 14.8. The van der Waals surface area contributed by atoms with Crippen molar-refractivity contribution in [3.63, 3.8) is 0 Å². The Kier molecular flexibility index (Phi) is 6.51. The van der Waals surface area contributed by atoms with Gasteiger partial charge in [0.15, 0.2) is 0 Å². The molecule has 1 heterocycles. The number of hydrogen-bond acceptors (Lipinski definition) is 4. The Morgan fingerprint density at radius 3 is 2.28 bits per heavy atom. The van der Waals surface area contributed by atoms with Crippen molar-refractivity contribution in [2.75, 3.05) is 22.5 Å². The van der Waals surface area contributed by atoms with E-state index in [2.05, 4.69) is 34.8 Å². The second-order valence-corrected chi connectivity index (χ2v) is 6.25. The van der Waals surface area contributed by atoms with Gasteiger partial charge in [0, 0.05) is 36.6 Å². The predicted molar refractivity (Wildman–Crippen MR) is 101 cm³/mol. The average Bonchev–Trinajstić information content (AvgIpc) is 2.56. The molecule has 0 bridgehead atoms. The van der Waals surface area contributed by atoms with Crippen LogP contribution < -0.4 is 16.0 Å². The highest BCUT2D eigenvalue weighted by Gasteiger charge is 2.08. The molecule has 0 saturated carbocycles. The van der Waals surface area contributed by atoms with E-state index in [0.29, 0.717) is 28.7 Å². The number of pyridine rings is 1. The van der Waals surface area contributed by atoms with Crippen LogP contribution in [0.1, 0.15) is 37.6 Å². The van der Waals surface area contributed by atoms with Crippen molar-refractivity contribution in [3.8, 4) is 0 Å². The van der Waals surface area contributed by atoms with Crippen LogP contribution in [0.25, 0.3) is 0 Å². The van der Waals surface area contributed by atoms with E-state index < -0.39 is 0 Å². The monoisotopic (exact) mass is 340 g/mol. The van der Waals surface area contributed by atoms with Gasteiger partial charge >= 0.3 is 0 Å². The van der Waals surface area contributed by atoms with Crippen molar-refractivity contribution in [2.45, 2.75) is 27.2 Å². The van der Waals surface area contributed by atoms with E-state index in [1.54, 1.807) is 42.6 Å². The molecule has 2 amide bonds. The average molecular weight is 340 g/mol. The molecule has 25 heavy (non-hydrogen) atoms. The highest BCUT2D eigenvalue weighted by Crippen LogP contribution is 2.15. The number of rotatable bonds is 7. The molecule has 0 saturated heterocycles. The topological polar surface area (TPSA) is 83.1 Å². The van der Waals surface area contributed by atoms with E-state index in [0.717, 1.165) is 13.0 Å². The number of aromatic nitrogens is 1. The molecule has 6 nitrogen and oxygen atoms in total. The molecule has 3 N–H and O–H groups in total. The smallest absolute Gasteiger partial charge is 0.255 e. The minimum absolute atomic E-state index is 0.133. The molecular formula is C19H24N4O2. The van der Waals surface area contributed by atoms with Gasteiger partial charge in [-0.25, -0.2) is 4.98 Å². The number of carbonyl (C=O) groups is 2. The molecule has 1 aromatic carbocycles. The van der Waals surface area contributed by atoms with Gasteiger partial charge in [-0.2, -0.15) is 0 Å². The SMILES string of the molecule is CC(=O)Nc1ccc(NC(=O)c2ccnc(NCCC(C)C)c2)cc1. The number of nitrogens with one attached hydrogen (secondary N) is 3. The lowest BCUT2D eigenvalue weighted by Gasteiger charge is -2.10. The molecule has 6 heteroatoms. The summed E-state index contributed by atoms with van der Waals surface area (Å²) in [5.74, 6) is 0.960. The fourth-order valence-electron chi connectivity index (χ4n) is 2.20. The van der Waals surface area contributed by atoms with Gasteiger partial charge in [-0.1, -0.05) is 13.8 Å². The Bertz CT molecular complexity index is 726. The van der Waals surface area contributed by atoms with Crippen LogP contribution in [0.3, 0.4) is 0 Å². The third-order valence-corrected chi connectivity index (χ3v) is 3.51. The lowest BCUT2D eigenvalue weighted by atomic mass is 10.1. The van der Waals surface area contributed by atoms with Crippen molar-refractivity contribution in [1.29, 1.82) is 0 Å². The zero-order chi connectivity index (χ0) is 18.2. The van der Waals surface area contributed by atoms with E-state index in [1.165, 1.54) is 6.92 Å². The van der Waals surface area contributed by atoms with Gasteiger partial charge in [0.05, 0.1) is 0 Å². The number of carbonyl (C=O) groups excluding carboxylic acids is 2. The van der Waals surface area contributed by atoms with Gasteiger partial charge in [-0.15, -0.1) is 0 Å². The van der Waals surface area contributed by atoms with Crippen molar-refractivity contribution in [1.82, 2.24) is 4.98 Å². The van der Waals surface area contributed by atoms with Crippen LogP contribution >= 0.6 is 0 Å². The molecule has 0 radical (unpaired) electrons. The molecule has 2 rings (SSSR count). The maximum absolute atomic E-state index is 12.4. The van der Waals surface area contributed by atoms with Crippen LogP contribution in [0.15, 0.2) is 42.6 Å². The van der Waals surface area contributed by atoms with Gasteiger partial charge in [0.1, 0.15) is 5.82 Å². The normalized spacial score (nSPS) is 10.4. The van der Waals surface area contributed by atoms with Crippen LogP contribution in [0.2, 0.25) is 0 Å². The van der Waals surface area contributed by atoms with Gasteiger partial charge in [0.2, 0.25) is 5.91 Å². The second kappa shape index (κ2) is 8.82. The Morgan fingerprint density at radius 1 is 1.04 bits per heavy atom. The predicted octanol–water partition coefficient (Wildman–Crippen LogP) is 3.75. The summed E-state index contributed by atoms with van der Waals surface area (Å²) in [6, 6.07) is 10.4. The van der Waals surface area contributed by atoms with Crippen LogP contribution in [0.5, 0.6) is 0 Å². The number of benzene rings is 1. The number of amides is 2. The summed E-state index contributed by atoms with van der Waals surface area (Å²) in [6.07, 6.45) is 2.66. The first-order valence-corrected chi connectivity index (χ1v) is 8.33. The summed E-state index contributed by atoms with van der Waals surface area (Å²) in [6.45, 7) is 6.60. The molecule has 0 aliphatic carbocycles. The molecule has 0 aliphatic heterocycles. The highest BCUT2D eigenvalue weighted by atomic mass is 16.2. The summed E-state index contributed by atoms with van der Waals surface area (Å²) >= 11 is 0. The fraction of sp³-hybridized carbons (Fsp3) is 0.316. The van der Waals surface area contributed by atoms with Crippen LogP contribution in [-0.2, 0) is 4.79 Å². The van der Waals surface area contributed by atoms with E-state index in [9.17, 15) is 9.59 Å². The van der Waals surface area contributed by atoms with E-state index in [4.69, 9.17) is 0 Å². The van der Waals surface area contributed by atoms with Crippen molar-refractivity contribution >= 4 is 29.0 Å². The number of nitrogens with zero attached hydrogens (tertiary/aromatic N) is 1. The molecule has 0 unspecified atom stereocenters. The third-order valence-electron chi connectivity index (χ3n) is 3.51. The van der Waals surface area contributed by atoms with Gasteiger partial charge in [-0.3, -0.25) is 9.59 Å². The fourth-order valence-corrected chi connectivity index (χ4v) is 2.20. The zero-order valence-corrected chi connectivity index (χ0v) is 14.8. The molecule has 2 aromatic rings. The quantitative estimate of drug-likeness (QED) is 0.717. The molecule has 1 aromatic heterocycles. The summed E-state index contributed by atoms with van der Waals surface area (Å²) in [5.41, 5.74) is 1.88. The summed E-state index contributed by atoms with van der Waals surface area (Å²) in [7, 11) is 0. The number of anilines is 3. The van der Waals surface area contributed by atoms with E-state index in [1.807, 2.05) is 0 Å². The van der Waals surface area contributed by atoms with Crippen LogP contribution in [-0.4, -0.2) is 23.3 Å². The van der Waals surface area contributed by atoms with Crippen molar-refractivity contribution in [2.24, 2.45) is 5.92 Å². The van der Waals surface area contributed by atoms with Gasteiger partial charge < -0.3 is 16.0 Å². The summed E-state index contributed by atoms with van der Waals surface area (Å²) in [5, 5.41) is 8.75. The standard InChI is InChI=1S/C19H24N4O2/c1-13(2)8-10-20-18-12-15(9-11-21-18)19(25)23-17-6-4-16(5-7-17)22-14(3)24/h4-7,9,11-13H,8,10H2,1-3H3,(H,20,21)(H,22,24)(H,23,25). The maximum atomic E-state index is 12.4. The Morgan fingerprint density at radius 2 is 1.68 bits per heavy atom. The highest BCUT2D eigenvalue weighted by molar-refractivity contribution is 6.04. The van der Waals surface area contributed by atoms with E-state index >= 15 is 0 Å². The Hall–Kier alpha value is -2.89. The summed E-state index contributed by atoms with van der Waals surface area (Å²) < 4.78 is 0. The van der Waals surface area contributed by atoms with Crippen LogP contribution in [0.4, 0.5) is 17.2 Å². The molecule has 0 aliphatic rings. The first-order valence-electron chi connectivity index (χ1n) is 8.33.